The fourth-order valence-corrected chi connectivity index (χ4v) is 1.30. The minimum absolute atomic E-state index is 0.464. The Bertz CT molecular complexity index is 328. The number of rotatable bonds is 4. The summed E-state index contributed by atoms with van der Waals surface area (Å²) < 4.78 is 0. The molecule has 0 fully saturated rings. The zero-order valence-corrected chi connectivity index (χ0v) is 8.70. The summed E-state index contributed by atoms with van der Waals surface area (Å²) >= 11 is 0. The number of hydrogen-bond acceptors (Lipinski definition) is 3. The Morgan fingerprint density at radius 2 is 2.29 bits per heavy atom. The van der Waals surface area contributed by atoms with Crippen LogP contribution in [-0.4, -0.2) is 23.0 Å². The van der Waals surface area contributed by atoms with Gasteiger partial charge in [0.2, 0.25) is 0 Å². The molecule has 0 spiro atoms. The Hall–Kier alpha value is -1.40. The summed E-state index contributed by atoms with van der Waals surface area (Å²) in [6.45, 7) is 6.12. The molecule has 0 aliphatic heterocycles. The summed E-state index contributed by atoms with van der Waals surface area (Å²) in [6.07, 6.45) is 0. The van der Waals surface area contributed by atoms with Gasteiger partial charge in [-0.3, -0.25) is 9.88 Å². The second-order valence-corrected chi connectivity index (χ2v) is 3.23. The first-order valence-corrected chi connectivity index (χ1v) is 4.78. The Labute approximate surface area is 85.0 Å². The van der Waals surface area contributed by atoms with Crippen LogP contribution in [0, 0.1) is 18.3 Å². The number of aryl methyl sites for hydroxylation is 1. The second kappa shape index (κ2) is 5.36. The van der Waals surface area contributed by atoms with E-state index in [1.165, 1.54) is 0 Å². The Morgan fingerprint density at radius 3 is 2.86 bits per heavy atom. The van der Waals surface area contributed by atoms with Crippen LogP contribution in [0.3, 0.4) is 0 Å². The van der Waals surface area contributed by atoms with Crippen LogP contribution < -0.4 is 0 Å². The predicted octanol–water partition coefficient (Wildman–Crippen LogP) is 1.74. The van der Waals surface area contributed by atoms with E-state index in [1.54, 1.807) is 0 Å². The lowest BCUT2D eigenvalue weighted by atomic mass is 10.3. The fraction of sp³-hybridized carbons (Fsp3) is 0.455. The lowest BCUT2D eigenvalue weighted by Crippen LogP contribution is -2.23. The molecule has 3 nitrogen and oxygen atoms in total. The van der Waals surface area contributed by atoms with Gasteiger partial charge in [0.1, 0.15) is 0 Å². The van der Waals surface area contributed by atoms with Crippen LogP contribution in [0.2, 0.25) is 0 Å². The molecular formula is C11H15N3. The van der Waals surface area contributed by atoms with Crippen LogP contribution in [0.15, 0.2) is 18.2 Å². The predicted molar refractivity (Wildman–Crippen MR) is 55.5 cm³/mol. The van der Waals surface area contributed by atoms with Crippen molar-refractivity contribution < 1.29 is 0 Å². The zero-order valence-electron chi connectivity index (χ0n) is 8.70. The molecule has 0 saturated heterocycles. The largest absolute Gasteiger partial charge is 0.285 e. The van der Waals surface area contributed by atoms with E-state index in [0.29, 0.717) is 6.54 Å². The Balaban J connectivity index is 2.63. The molecule has 0 amide bonds. The van der Waals surface area contributed by atoms with Crippen LogP contribution in [0.5, 0.6) is 0 Å². The summed E-state index contributed by atoms with van der Waals surface area (Å²) in [7, 11) is 0. The van der Waals surface area contributed by atoms with Crippen LogP contribution in [0.1, 0.15) is 18.3 Å². The first-order chi connectivity index (χ1) is 6.76. The average Bonchev–Trinajstić information content (AvgIpc) is 2.17. The van der Waals surface area contributed by atoms with E-state index in [2.05, 4.69) is 16.0 Å². The van der Waals surface area contributed by atoms with E-state index in [4.69, 9.17) is 5.26 Å². The molecule has 0 aliphatic carbocycles. The molecule has 1 aromatic heterocycles. The molecule has 0 N–H and O–H groups in total. The number of nitriles is 1. The quantitative estimate of drug-likeness (QED) is 0.677. The van der Waals surface area contributed by atoms with E-state index in [1.807, 2.05) is 32.0 Å². The van der Waals surface area contributed by atoms with Gasteiger partial charge in [0, 0.05) is 12.2 Å². The van der Waals surface area contributed by atoms with Crippen molar-refractivity contribution in [1.82, 2.24) is 9.88 Å². The molecule has 1 rings (SSSR count). The maximum atomic E-state index is 8.59. The van der Waals surface area contributed by atoms with Crippen molar-refractivity contribution in [3.63, 3.8) is 0 Å². The highest BCUT2D eigenvalue weighted by Gasteiger charge is 2.03. The Morgan fingerprint density at radius 1 is 1.50 bits per heavy atom. The number of nitrogens with zero attached hydrogens (tertiary/aromatic N) is 3. The molecule has 0 unspecified atom stereocenters. The lowest BCUT2D eigenvalue weighted by molar-refractivity contribution is 0.310. The SMILES string of the molecule is CCN(CC#N)Cc1cccc(C)n1. The summed E-state index contributed by atoms with van der Waals surface area (Å²) in [6, 6.07) is 8.12. The molecule has 0 atom stereocenters. The van der Waals surface area contributed by atoms with Crippen LogP contribution in [-0.2, 0) is 6.54 Å². The van der Waals surface area contributed by atoms with Crippen molar-refractivity contribution in [2.75, 3.05) is 13.1 Å². The first kappa shape index (κ1) is 10.7. The molecule has 3 heteroatoms. The molecule has 1 heterocycles. The third kappa shape index (κ3) is 3.15. The molecule has 0 aromatic carbocycles. The van der Waals surface area contributed by atoms with Gasteiger partial charge in [-0.15, -0.1) is 0 Å². The van der Waals surface area contributed by atoms with E-state index >= 15 is 0 Å². The van der Waals surface area contributed by atoms with Gasteiger partial charge in [-0.25, -0.2) is 0 Å². The summed E-state index contributed by atoms with van der Waals surface area (Å²) in [4.78, 5) is 6.45. The maximum absolute atomic E-state index is 8.59. The molecule has 0 aliphatic rings. The number of pyridine rings is 1. The van der Waals surface area contributed by atoms with Gasteiger partial charge >= 0.3 is 0 Å². The first-order valence-electron chi connectivity index (χ1n) is 4.78. The molecule has 0 saturated carbocycles. The Kier molecular flexibility index (Phi) is 4.09. The van der Waals surface area contributed by atoms with E-state index in [9.17, 15) is 0 Å². The van der Waals surface area contributed by atoms with Crippen molar-refractivity contribution in [2.45, 2.75) is 20.4 Å². The van der Waals surface area contributed by atoms with Gasteiger partial charge in [0.15, 0.2) is 0 Å². The summed E-state index contributed by atoms with van der Waals surface area (Å²) in [5, 5.41) is 8.59. The topological polar surface area (TPSA) is 39.9 Å². The van der Waals surface area contributed by atoms with E-state index < -0.39 is 0 Å². The van der Waals surface area contributed by atoms with E-state index in [-0.39, 0.29) is 0 Å². The fourth-order valence-electron chi connectivity index (χ4n) is 1.30. The molecule has 1 aromatic rings. The van der Waals surface area contributed by atoms with Crippen LogP contribution in [0.4, 0.5) is 0 Å². The number of aromatic nitrogens is 1. The molecule has 0 bridgehead atoms. The van der Waals surface area contributed by atoms with E-state index in [0.717, 1.165) is 24.5 Å². The van der Waals surface area contributed by atoms with Crippen molar-refractivity contribution in [1.29, 1.82) is 5.26 Å². The summed E-state index contributed by atoms with van der Waals surface area (Å²) in [5.41, 5.74) is 2.05. The monoisotopic (exact) mass is 189 g/mol. The smallest absolute Gasteiger partial charge is 0.0869 e. The molecule has 0 radical (unpaired) electrons. The highest BCUT2D eigenvalue weighted by molar-refractivity contribution is 5.09. The van der Waals surface area contributed by atoms with Gasteiger partial charge < -0.3 is 0 Å². The molecule has 74 valence electrons. The molecular weight excluding hydrogens is 174 g/mol. The average molecular weight is 189 g/mol. The normalized spacial score (nSPS) is 10.1. The highest BCUT2D eigenvalue weighted by Crippen LogP contribution is 2.02. The van der Waals surface area contributed by atoms with Gasteiger partial charge in [0.05, 0.1) is 18.3 Å². The van der Waals surface area contributed by atoms with Gasteiger partial charge in [-0.2, -0.15) is 5.26 Å². The highest BCUT2D eigenvalue weighted by atomic mass is 15.1. The van der Waals surface area contributed by atoms with Gasteiger partial charge in [0.25, 0.3) is 0 Å². The van der Waals surface area contributed by atoms with Gasteiger partial charge in [-0.1, -0.05) is 13.0 Å². The third-order valence-electron chi connectivity index (χ3n) is 2.07. The zero-order chi connectivity index (χ0) is 10.4. The summed E-state index contributed by atoms with van der Waals surface area (Å²) in [5.74, 6) is 0. The van der Waals surface area contributed by atoms with Crippen molar-refractivity contribution in [2.24, 2.45) is 0 Å². The standard InChI is InChI=1S/C11H15N3/c1-3-14(8-7-12)9-11-6-4-5-10(2)13-11/h4-6H,3,8-9H2,1-2H3. The number of hydrogen-bond donors (Lipinski definition) is 0. The minimum Gasteiger partial charge on any atom is -0.285 e. The maximum Gasteiger partial charge on any atom is 0.0869 e. The van der Waals surface area contributed by atoms with Crippen molar-refractivity contribution in [3.8, 4) is 6.07 Å². The van der Waals surface area contributed by atoms with Crippen molar-refractivity contribution >= 4 is 0 Å². The third-order valence-corrected chi connectivity index (χ3v) is 2.07. The van der Waals surface area contributed by atoms with Gasteiger partial charge in [-0.05, 0) is 25.6 Å². The van der Waals surface area contributed by atoms with Crippen LogP contribution in [0.25, 0.3) is 0 Å². The lowest BCUT2D eigenvalue weighted by Gasteiger charge is -2.15. The van der Waals surface area contributed by atoms with Crippen molar-refractivity contribution in [3.05, 3.63) is 29.6 Å². The molecule has 14 heavy (non-hydrogen) atoms. The minimum atomic E-state index is 0.464. The second-order valence-electron chi connectivity index (χ2n) is 3.23. The van der Waals surface area contributed by atoms with Crippen LogP contribution >= 0.6 is 0 Å².